The van der Waals surface area contributed by atoms with Crippen LogP contribution in [0.15, 0.2) is 243 Å². The van der Waals surface area contributed by atoms with Crippen LogP contribution in [0.5, 0.6) is 0 Å². The van der Waals surface area contributed by atoms with Crippen molar-refractivity contribution in [2.75, 3.05) is 0 Å². The standard InChI is InChI=1S/C71H46/c1-71(2)61-39-49(59-41-57(43-19-7-3-8-20-43)67-53-31-15-27-45-29-17-33-55(63(45)53)69(67)65(59)47-23-11-5-12-24-47)35-37-51(61)52-38-36-50(40-62(52)71)60-42-58(44-21-9-4-10-22-44)68-54-32-16-28-46-30-18-34-56(64(46)54)70(68)66(60)48-25-13-6-14-26-48/h3-42H,1-2H3. The van der Waals surface area contributed by atoms with Gasteiger partial charge in [0.1, 0.15) is 0 Å². The molecule has 71 heavy (non-hydrogen) atoms. The second kappa shape index (κ2) is 15.1. The van der Waals surface area contributed by atoms with Gasteiger partial charge < -0.3 is 0 Å². The van der Waals surface area contributed by atoms with Crippen LogP contribution in [0.25, 0.3) is 144 Å². The third kappa shape index (κ3) is 5.74. The summed E-state index contributed by atoms with van der Waals surface area (Å²) in [6, 6.07) is 91.2. The zero-order valence-corrected chi connectivity index (χ0v) is 39.6. The monoisotopic (exact) mass is 898 g/mol. The van der Waals surface area contributed by atoms with Crippen molar-refractivity contribution in [1.29, 1.82) is 0 Å². The Kier molecular flexibility index (Phi) is 8.51. The first-order valence-electron chi connectivity index (χ1n) is 25.0. The molecule has 0 atom stereocenters. The van der Waals surface area contributed by atoms with E-state index in [0.29, 0.717) is 0 Å². The molecule has 15 rings (SSSR count). The molecule has 3 aliphatic rings. The lowest BCUT2D eigenvalue weighted by atomic mass is 9.78. The van der Waals surface area contributed by atoms with E-state index in [0.717, 1.165) is 0 Å². The minimum Gasteiger partial charge on any atom is -0.0622 e. The molecule has 0 heteroatoms. The summed E-state index contributed by atoms with van der Waals surface area (Å²) in [4.78, 5) is 0. The normalized spacial score (nSPS) is 13.0. The summed E-state index contributed by atoms with van der Waals surface area (Å²) in [5.74, 6) is 0. The molecule has 12 aromatic carbocycles. The van der Waals surface area contributed by atoms with Gasteiger partial charge in [-0.3, -0.25) is 0 Å². The Morgan fingerprint density at radius 1 is 0.211 bits per heavy atom. The molecule has 0 N–H and O–H groups in total. The highest BCUT2D eigenvalue weighted by atomic mass is 14.4. The van der Waals surface area contributed by atoms with Crippen LogP contribution >= 0.6 is 0 Å². The molecule has 0 amide bonds. The van der Waals surface area contributed by atoms with E-state index in [-0.39, 0.29) is 5.41 Å². The Morgan fingerprint density at radius 2 is 0.535 bits per heavy atom. The predicted molar refractivity (Wildman–Crippen MR) is 300 cm³/mol. The highest BCUT2D eigenvalue weighted by Crippen LogP contribution is 2.60. The van der Waals surface area contributed by atoms with Gasteiger partial charge >= 0.3 is 0 Å². The number of rotatable bonds is 6. The second-order valence-electron chi connectivity index (χ2n) is 20.2. The van der Waals surface area contributed by atoms with Gasteiger partial charge in [0.2, 0.25) is 0 Å². The van der Waals surface area contributed by atoms with Gasteiger partial charge in [-0.05, 0) is 179 Å². The Morgan fingerprint density at radius 3 is 0.901 bits per heavy atom. The molecule has 0 bridgehead atoms. The Bertz CT molecular complexity index is 3910. The first kappa shape index (κ1) is 40.1. The fourth-order valence-electron chi connectivity index (χ4n) is 13.0. The topological polar surface area (TPSA) is 0 Å². The van der Waals surface area contributed by atoms with E-state index in [1.807, 2.05) is 0 Å². The van der Waals surface area contributed by atoms with Crippen molar-refractivity contribution in [1.82, 2.24) is 0 Å². The smallest absolute Gasteiger partial charge is 0.0159 e. The van der Waals surface area contributed by atoms with Gasteiger partial charge in [0.25, 0.3) is 0 Å². The van der Waals surface area contributed by atoms with Crippen LogP contribution in [-0.4, -0.2) is 0 Å². The van der Waals surface area contributed by atoms with Crippen molar-refractivity contribution >= 4 is 21.5 Å². The summed E-state index contributed by atoms with van der Waals surface area (Å²) in [6.07, 6.45) is 0. The van der Waals surface area contributed by atoms with E-state index in [9.17, 15) is 0 Å². The maximum absolute atomic E-state index is 2.52. The van der Waals surface area contributed by atoms with Crippen molar-refractivity contribution in [3.8, 4) is 122 Å². The van der Waals surface area contributed by atoms with Gasteiger partial charge in [-0.1, -0.05) is 232 Å². The molecular formula is C71H46. The summed E-state index contributed by atoms with van der Waals surface area (Å²) < 4.78 is 0. The maximum Gasteiger partial charge on any atom is 0.0159 e. The zero-order chi connectivity index (χ0) is 47.0. The van der Waals surface area contributed by atoms with Crippen LogP contribution in [0.4, 0.5) is 0 Å². The minimum absolute atomic E-state index is 0.280. The lowest BCUT2D eigenvalue weighted by Crippen LogP contribution is -2.15. The fourth-order valence-corrected chi connectivity index (χ4v) is 13.0. The van der Waals surface area contributed by atoms with E-state index >= 15 is 0 Å². The SMILES string of the molecule is CC1(C)c2cc(-c3cc(-c4ccccc4)c4c(c3-c3ccccc3)-c3cccc5cccc-4c35)ccc2-c2ccc(-c3cc(-c4ccccc4)c4c(c3-c3ccccc3)-c3cccc5cccc-4c35)cc21. The number of fused-ring (bicyclic) bond motifs is 9. The first-order valence-corrected chi connectivity index (χ1v) is 25.0. The number of hydrogen-bond donors (Lipinski definition) is 0. The summed E-state index contributed by atoms with van der Waals surface area (Å²) in [6.45, 7) is 4.87. The van der Waals surface area contributed by atoms with Crippen LogP contribution < -0.4 is 0 Å². The summed E-state index contributed by atoms with van der Waals surface area (Å²) in [5, 5.41) is 5.24. The molecule has 0 spiro atoms. The van der Waals surface area contributed by atoms with Gasteiger partial charge in [-0.2, -0.15) is 0 Å². The molecule has 0 saturated heterocycles. The van der Waals surface area contributed by atoms with E-state index < -0.39 is 0 Å². The van der Waals surface area contributed by atoms with Crippen molar-refractivity contribution in [2.45, 2.75) is 19.3 Å². The molecule has 330 valence electrons. The molecule has 0 aliphatic heterocycles. The van der Waals surface area contributed by atoms with Crippen LogP contribution in [0.2, 0.25) is 0 Å². The highest BCUT2D eigenvalue weighted by Gasteiger charge is 2.38. The molecule has 0 nitrogen and oxygen atoms in total. The molecule has 3 aliphatic carbocycles. The van der Waals surface area contributed by atoms with Crippen LogP contribution in [0.3, 0.4) is 0 Å². The van der Waals surface area contributed by atoms with Crippen molar-refractivity contribution in [3.05, 3.63) is 254 Å². The average molecular weight is 899 g/mol. The minimum atomic E-state index is -0.280. The second-order valence-corrected chi connectivity index (χ2v) is 20.2. The molecule has 0 heterocycles. The Labute approximate surface area is 414 Å². The van der Waals surface area contributed by atoms with Gasteiger partial charge in [0.05, 0.1) is 0 Å². The lowest BCUT2D eigenvalue weighted by molar-refractivity contribution is 0.661. The average Bonchev–Trinajstić information content (AvgIpc) is 4.03. The zero-order valence-electron chi connectivity index (χ0n) is 39.6. The molecule has 0 radical (unpaired) electrons. The molecular weight excluding hydrogens is 853 g/mol. The molecule has 0 fully saturated rings. The number of benzene rings is 12. The van der Waals surface area contributed by atoms with Crippen LogP contribution in [0.1, 0.15) is 25.0 Å². The van der Waals surface area contributed by atoms with Gasteiger partial charge in [0.15, 0.2) is 0 Å². The quantitative estimate of drug-likeness (QED) is 0.156. The number of hydrogen-bond acceptors (Lipinski definition) is 0. The lowest BCUT2D eigenvalue weighted by Gasteiger charge is -2.25. The van der Waals surface area contributed by atoms with E-state index in [4.69, 9.17) is 0 Å². The molecule has 12 aromatic rings. The highest BCUT2D eigenvalue weighted by molar-refractivity contribution is 6.24. The van der Waals surface area contributed by atoms with Crippen LogP contribution in [0, 0.1) is 0 Å². The third-order valence-electron chi connectivity index (χ3n) is 16.1. The van der Waals surface area contributed by atoms with Crippen molar-refractivity contribution in [3.63, 3.8) is 0 Å². The van der Waals surface area contributed by atoms with E-state index in [2.05, 4.69) is 257 Å². The Hall–Kier alpha value is -8.84. The molecule has 0 saturated carbocycles. The van der Waals surface area contributed by atoms with Gasteiger partial charge in [-0.25, -0.2) is 0 Å². The van der Waals surface area contributed by atoms with Crippen LogP contribution in [-0.2, 0) is 5.41 Å². The summed E-state index contributed by atoms with van der Waals surface area (Å²) in [5.41, 5.74) is 30.6. The third-order valence-corrected chi connectivity index (χ3v) is 16.1. The summed E-state index contributed by atoms with van der Waals surface area (Å²) in [7, 11) is 0. The van der Waals surface area contributed by atoms with Gasteiger partial charge in [-0.15, -0.1) is 0 Å². The first-order chi connectivity index (χ1) is 35.0. The summed E-state index contributed by atoms with van der Waals surface area (Å²) >= 11 is 0. The fraction of sp³-hybridized carbons (Fsp3) is 0.0423. The van der Waals surface area contributed by atoms with Crippen molar-refractivity contribution in [2.24, 2.45) is 0 Å². The predicted octanol–water partition coefficient (Wildman–Crippen LogP) is 19.6. The van der Waals surface area contributed by atoms with E-state index in [1.165, 1.54) is 155 Å². The largest absolute Gasteiger partial charge is 0.0622 e. The maximum atomic E-state index is 2.52. The molecule has 0 unspecified atom stereocenters. The van der Waals surface area contributed by atoms with E-state index in [1.54, 1.807) is 0 Å². The van der Waals surface area contributed by atoms with Crippen molar-refractivity contribution < 1.29 is 0 Å². The van der Waals surface area contributed by atoms with Gasteiger partial charge in [0, 0.05) is 5.41 Å². The Balaban J connectivity index is 0.947. The molecule has 0 aromatic heterocycles.